The summed E-state index contributed by atoms with van der Waals surface area (Å²) in [4.78, 5) is 13.6. The number of carboxylic acids is 1. The summed E-state index contributed by atoms with van der Waals surface area (Å²) in [6.07, 6.45) is 0.607. The average Bonchev–Trinajstić information content (AvgIpc) is 2.65. The Bertz CT molecular complexity index is 251. The van der Waals surface area contributed by atoms with Crippen LogP contribution in [-0.4, -0.2) is 21.6 Å². The molecule has 11 heavy (non-hydrogen) atoms. The third-order valence-electron chi connectivity index (χ3n) is 2.21. The van der Waals surface area contributed by atoms with Crippen LogP contribution >= 0.6 is 0 Å². The van der Waals surface area contributed by atoms with Crippen LogP contribution in [0.3, 0.4) is 0 Å². The Morgan fingerprint density at radius 1 is 1.82 bits per heavy atom. The fourth-order valence-corrected chi connectivity index (χ4v) is 1.08. The van der Waals surface area contributed by atoms with Crippen LogP contribution in [0.2, 0.25) is 0 Å². The summed E-state index contributed by atoms with van der Waals surface area (Å²) in [5.41, 5.74) is 8.12. The molecule has 1 aliphatic carbocycles. The molecule has 0 aliphatic heterocycles. The Morgan fingerprint density at radius 3 is 2.64 bits per heavy atom. The van der Waals surface area contributed by atoms with Crippen molar-refractivity contribution in [2.24, 2.45) is 11.3 Å². The van der Waals surface area contributed by atoms with Crippen LogP contribution in [0, 0.1) is 11.3 Å². The fourth-order valence-electron chi connectivity index (χ4n) is 1.08. The predicted molar refractivity (Wildman–Crippen MR) is 38.2 cm³/mol. The van der Waals surface area contributed by atoms with Crippen molar-refractivity contribution in [2.75, 3.05) is 0 Å². The van der Waals surface area contributed by atoms with Crippen molar-refractivity contribution in [3.05, 3.63) is 5.53 Å². The molecule has 0 aromatic heterocycles. The molecule has 4 nitrogen and oxygen atoms in total. The van der Waals surface area contributed by atoms with E-state index < -0.39 is 11.4 Å². The van der Waals surface area contributed by atoms with Gasteiger partial charge in [0, 0.05) is 0 Å². The van der Waals surface area contributed by atoms with E-state index in [4.69, 9.17) is 10.6 Å². The molecular weight excluding hydrogens is 144 g/mol. The van der Waals surface area contributed by atoms with Gasteiger partial charge in [0.2, 0.25) is 0 Å². The van der Waals surface area contributed by atoms with Gasteiger partial charge in [0.25, 0.3) is 5.71 Å². The zero-order valence-electron chi connectivity index (χ0n) is 6.53. The highest BCUT2D eigenvalue weighted by Crippen LogP contribution is 2.41. The summed E-state index contributed by atoms with van der Waals surface area (Å²) in [6, 6.07) is 0. The number of rotatable bonds is 2. The summed E-state index contributed by atoms with van der Waals surface area (Å²) < 4.78 is 0. The van der Waals surface area contributed by atoms with Gasteiger partial charge in [-0.25, -0.2) is 0 Å². The Balaban J connectivity index is 2.77. The van der Waals surface area contributed by atoms with E-state index >= 15 is 0 Å². The Kier molecular flexibility index (Phi) is 1.57. The quantitative estimate of drug-likeness (QED) is 0.471. The van der Waals surface area contributed by atoms with Gasteiger partial charge in [-0.2, -0.15) is 4.79 Å². The molecule has 0 bridgehead atoms. The normalized spacial score (nSPS) is 22.7. The maximum atomic E-state index is 10.6. The molecule has 1 fully saturated rings. The number of carboxylic acid groups (broad SMARTS) is 1. The summed E-state index contributed by atoms with van der Waals surface area (Å²) in [6.45, 7) is 3.27. The lowest BCUT2D eigenvalue weighted by Gasteiger charge is -2.14. The van der Waals surface area contributed by atoms with Crippen molar-refractivity contribution in [2.45, 2.75) is 20.3 Å². The largest absolute Gasteiger partial charge is 0.481 e. The van der Waals surface area contributed by atoms with Crippen molar-refractivity contribution in [3.63, 3.8) is 0 Å². The highest BCUT2D eigenvalue weighted by molar-refractivity contribution is 6.01. The van der Waals surface area contributed by atoms with Crippen LogP contribution in [-0.2, 0) is 4.79 Å². The van der Waals surface area contributed by atoms with Gasteiger partial charge < -0.3 is 10.6 Å². The maximum absolute atomic E-state index is 10.6. The lowest BCUT2D eigenvalue weighted by atomic mass is 9.88. The van der Waals surface area contributed by atoms with Crippen LogP contribution in [0.25, 0.3) is 5.53 Å². The molecule has 4 heteroatoms. The van der Waals surface area contributed by atoms with Crippen LogP contribution in [0.5, 0.6) is 0 Å². The molecule has 1 unspecified atom stereocenters. The van der Waals surface area contributed by atoms with Crippen LogP contribution in [0.1, 0.15) is 20.3 Å². The SMILES string of the molecule is CC(C)(C(=O)O)C1CC1=[N+]=[N-]. The minimum absolute atomic E-state index is 0.0787. The molecular formula is C7H10N2O2. The molecule has 1 atom stereocenters. The van der Waals surface area contributed by atoms with E-state index in [1.807, 2.05) is 0 Å². The van der Waals surface area contributed by atoms with Gasteiger partial charge in [-0.15, -0.1) is 0 Å². The molecule has 1 N–H and O–H groups in total. The second-order valence-electron chi connectivity index (χ2n) is 3.37. The third kappa shape index (κ3) is 1.17. The number of aliphatic carboxylic acids is 1. The van der Waals surface area contributed by atoms with E-state index in [9.17, 15) is 4.79 Å². The van der Waals surface area contributed by atoms with Crippen LogP contribution < -0.4 is 0 Å². The molecule has 0 aromatic rings. The third-order valence-corrected chi connectivity index (χ3v) is 2.21. The maximum Gasteiger partial charge on any atom is 0.309 e. The molecule has 0 aromatic carbocycles. The van der Waals surface area contributed by atoms with Crippen molar-refractivity contribution >= 4 is 11.7 Å². The summed E-state index contributed by atoms with van der Waals surface area (Å²) in [5, 5.41) is 8.73. The number of hydrogen-bond acceptors (Lipinski definition) is 1. The predicted octanol–water partition coefficient (Wildman–Crippen LogP) is 0.788. The van der Waals surface area contributed by atoms with Crippen LogP contribution in [0.4, 0.5) is 0 Å². The minimum atomic E-state index is -0.846. The van der Waals surface area contributed by atoms with Gasteiger partial charge in [-0.1, -0.05) is 0 Å². The Morgan fingerprint density at radius 2 is 2.36 bits per heavy atom. The van der Waals surface area contributed by atoms with Crippen LogP contribution in [0.15, 0.2) is 0 Å². The molecule has 0 spiro atoms. The van der Waals surface area contributed by atoms with Crippen molar-refractivity contribution in [3.8, 4) is 0 Å². The minimum Gasteiger partial charge on any atom is -0.481 e. The van der Waals surface area contributed by atoms with Gasteiger partial charge in [0.1, 0.15) is 0 Å². The van der Waals surface area contributed by atoms with E-state index in [1.54, 1.807) is 13.8 Å². The second kappa shape index (κ2) is 2.17. The van der Waals surface area contributed by atoms with E-state index in [1.165, 1.54) is 0 Å². The summed E-state index contributed by atoms with van der Waals surface area (Å²) in [5.74, 6) is -0.925. The molecule has 60 valence electrons. The van der Waals surface area contributed by atoms with Gasteiger partial charge >= 0.3 is 5.97 Å². The zero-order valence-corrected chi connectivity index (χ0v) is 6.53. The molecule has 1 rings (SSSR count). The van der Waals surface area contributed by atoms with Gasteiger partial charge in [-0.05, 0) is 13.8 Å². The zero-order chi connectivity index (χ0) is 8.65. The van der Waals surface area contributed by atoms with Gasteiger partial charge in [0.05, 0.1) is 17.8 Å². The fraction of sp³-hybridized carbons (Fsp3) is 0.714. The highest BCUT2D eigenvalue weighted by Gasteiger charge is 2.55. The van der Waals surface area contributed by atoms with Gasteiger partial charge in [0.15, 0.2) is 0 Å². The average molecular weight is 154 g/mol. The monoisotopic (exact) mass is 154 g/mol. The van der Waals surface area contributed by atoms with E-state index in [-0.39, 0.29) is 5.92 Å². The van der Waals surface area contributed by atoms with E-state index in [2.05, 4.69) is 4.79 Å². The van der Waals surface area contributed by atoms with Crippen molar-refractivity contribution < 1.29 is 14.7 Å². The molecule has 0 radical (unpaired) electrons. The first-order valence-corrected chi connectivity index (χ1v) is 3.44. The molecule has 0 saturated heterocycles. The first-order chi connectivity index (χ1) is 5.00. The molecule has 0 heterocycles. The number of carbonyl (C=O) groups is 1. The first-order valence-electron chi connectivity index (χ1n) is 3.44. The Labute approximate surface area is 64.5 Å². The molecule has 0 amide bonds. The first kappa shape index (κ1) is 7.95. The lowest BCUT2D eigenvalue weighted by Crippen LogP contribution is -2.26. The van der Waals surface area contributed by atoms with E-state index in [0.29, 0.717) is 12.1 Å². The number of nitrogens with zero attached hydrogens (tertiary/aromatic N) is 2. The Hall–Kier alpha value is -1.15. The summed E-state index contributed by atoms with van der Waals surface area (Å²) in [7, 11) is 0. The number of hydrogen-bond donors (Lipinski definition) is 1. The van der Waals surface area contributed by atoms with Crippen molar-refractivity contribution in [1.29, 1.82) is 0 Å². The van der Waals surface area contributed by atoms with E-state index in [0.717, 1.165) is 0 Å². The van der Waals surface area contributed by atoms with Crippen molar-refractivity contribution in [1.82, 2.24) is 0 Å². The summed E-state index contributed by atoms with van der Waals surface area (Å²) >= 11 is 0. The highest BCUT2D eigenvalue weighted by atomic mass is 16.4. The molecule has 1 aliphatic rings. The van der Waals surface area contributed by atoms with Gasteiger partial charge in [-0.3, -0.25) is 4.79 Å². The standard InChI is InChI=1S/C7H10N2O2/c1-7(2,6(10)11)4-3-5(4)9-8/h4H,3H2,1-2H3,(H,10,11). The topological polar surface area (TPSA) is 73.7 Å². The second-order valence-corrected chi connectivity index (χ2v) is 3.37. The smallest absolute Gasteiger partial charge is 0.309 e. The molecule has 1 saturated carbocycles. The lowest BCUT2D eigenvalue weighted by molar-refractivity contribution is -0.147.